The van der Waals surface area contributed by atoms with Crippen molar-refractivity contribution in [3.8, 4) is 0 Å². The highest BCUT2D eigenvalue weighted by Gasteiger charge is 2.34. The first-order chi connectivity index (χ1) is 8.41. The van der Waals surface area contributed by atoms with Crippen LogP contribution >= 0.6 is 11.3 Å². The molecule has 18 heavy (non-hydrogen) atoms. The van der Waals surface area contributed by atoms with Gasteiger partial charge in [-0.2, -0.15) is 13.2 Å². The maximum absolute atomic E-state index is 12.5. The standard InChI is InChI=1S/C11H8F3NO2S/c1-2-17-9(16)6-3-4-7-8(5-6)18-10(15-7)11(12,13)14/h3-5H,2H2,1H3. The average Bonchev–Trinajstić information content (AvgIpc) is 2.71. The number of halogens is 3. The van der Waals surface area contributed by atoms with E-state index in [4.69, 9.17) is 4.74 Å². The van der Waals surface area contributed by atoms with Crippen LogP contribution in [-0.4, -0.2) is 17.6 Å². The summed E-state index contributed by atoms with van der Waals surface area (Å²) < 4.78 is 42.5. The van der Waals surface area contributed by atoms with Crippen LogP contribution in [0.25, 0.3) is 10.2 Å². The summed E-state index contributed by atoms with van der Waals surface area (Å²) in [4.78, 5) is 14.9. The first kappa shape index (κ1) is 12.8. The van der Waals surface area contributed by atoms with Gasteiger partial charge in [0.15, 0.2) is 5.01 Å². The number of ether oxygens (including phenoxy) is 1. The van der Waals surface area contributed by atoms with E-state index in [-0.39, 0.29) is 17.7 Å². The Kier molecular flexibility index (Phi) is 3.25. The maximum Gasteiger partial charge on any atom is 0.443 e. The quantitative estimate of drug-likeness (QED) is 0.787. The van der Waals surface area contributed by atoms with Crippen LogP contribution in [0.1, 0.15) is 22.3 Å². The summed E-state index contributed by atoms with van der Waals surface area (Å²) >= 11 is 0.510. The van der Waals surface area contributed by atoms with Gasteiger partial charge in [-0.3, -0.25) is 0 Å². The molecule has 0 N–H and O–H groups in total. The number of nitrogens with zero attached hydrogens (tertiary/aromatic N) is 1. The number of rotatable bonds is 2. The molecule has 3 nitrogen and oxygen atoms in total. The van der Waals surface area contributed by atoms with E-state index >= 15 is 0 Å². The molecule has 0 aliphatic carbocycles. The number of fused-ring (bicyclic) bond motifs is 1. The SMILES string of the molecule is CCOC(=O)c1ccc2nc(C(F)(F)F)sc2c1. The van der Waals surface area contributed by atoms with E-state index in [1.165, 1.54) is 18.2 Å². The lowest BCUT2D eigenvalue weighted by Gasteiger charge is -2.00. The molecule has 7 heteroatoms. The molecule has 1 aromatic carbocycles. The topological polar surface area (TPSA) is 39.2 Å². The lowest BCUT2D eigenvalue weighted by molar-refractivity contribution is -0.137. The third kappa shape index (κ3) is 2.45. The van der Waals surface area contributed by atoms with Gasteiger partial charge in [-0.25, -0.2) is 9.78 Å². The van der Waals surface area contributed by atoms with Gasteiger partial charge in [-0.1, -0.05) is 0 Å². The minimum atomic E-state index is -4.46. The summed E-state index contributed by atoms with van der Waals surface area (Å²) in [6, 6.07) is 4.15. The number of hydrogen-bond acceptors (Lipinski definition) is 4. The van der Waals surface area contributed by atoms with Gasteiger partial charge in [0.1, 0.15) is 0 Å². The summed E-state index contributed by atoms with van der Waals surface area (Å²) in [5.74, 6) is -0.554. The predicted octanol–water partition coefficient (Wildman–Crippen LogP) is 3.49. The summed E-state index contributed by atoms with van der Waals surface area (Å²) in [6.45, 7) is 1.87. The van der Waals surface area contributed by atoms with Gasteiger partial charge in [0.25, 0.3) is 0 Å². The fourth-order valence-electron chi connectivity index (χ4n) is 1.39. The van der Waals surface area contributed by atoms with E-state index in [1.54, 1.807) is 6.92 Å². The molecule has 96 valence electrons. The highest BCUT2D eigenvalue weighted by atomic mass is 32.1. The van der Waals surface area contributed by atoms with Crippen LogP contribution in [0.5, 0.6) is 0 Å². The molecule has 1 aromatic heterocycles. The summed E-state index contributed by atoms with van der Waals surface area (Å²) in [5.41, 5.74) is 0.446. The van der Waals surface area contributed by atoms with Crippen LogP contribution in [0.3, 0.4) is 0 Å². The van der Waals surface area contributed by atoms with Gasteiger partial charge in [-0.15, -0.1) is 11.3 Å². The highest BCUT2D eigenvalue weighted by Crippen LogP contribution is 2.35. The fourth-order valence-corrected chi connectivity index (χ4v) is 2.26. The number of carbonyl (C=O) groups is 1. The number of aromatic nitrogens is 1. The predicted molar refractivity (Wildman–Crippen MR) is 60.6 cm³/mol. The Morgan fingerprint density at radius 1 is 1.44 bits per heavy atom. The molecule has 2 aromatic rings. The van der Waals surface area contributed by atoms with Crippen molar-refractivity contribution in [3.05, 3.63) is 28.8 Å². The number of thiazole rings is 1. The number of alkyl halides is 3. The third-order valence-corrected chi connectivity index (χ3v) is 3.21. The zero-order valence-electron chi connectivity index (χ0n) is 9.25. The molecule has 0 spiro atoms. The smallest absolute Gasteiger partial charge is 0.443 e. The van der Waals surface area contributed by atoms with Crippen LogP contribution < -0.4 is 0 Å². The van der Waals surface area contributed by atoms with Crippen LogP contribution in [0.15, 0.2) is 18.2 Å². The second-order valence-corrected chi connectivity index (χ2v) is 4.45. The van der Waals surface area contributed by atoms with Crippen molar-refractivity contribution in [1.82, 2.24) is 4.98 Å². The Bertz CT molecular complexity index is 591. The molecule has 0 saturated heterocycles. The zero-order valence-corrected chi connectivity index (χ0v) is 10.1. The van der Waals surface area contributed by atoms with Crippen LogP contribution in [0.2, 0.25) is 0 Å². The number of hydrogen-bond donors (Lipinski definition) is 0. The number of esters is 1. The molecule has 0 aliphatic heterocycles. The minimum Gasteiger partial charge on any atom is -0.462 e. The Morgan fingerprint density at radius 2 is 2.17 bits per heavy atom. The van der Waals surface area contributed by atoms with Crippen molar-refractivity contribution in [2.24, 2.45) is 0 Å². The third-order valence-electron chi connectivity index (χ3n) is 2.14. The molecular formula is C11H8F3NO2S. The molecule has 2 rings (SSSR count). The molecule has 0 amide bonds. The Morgan fingerprint density at radius 3 is 2.78 bits per heavy atom. The summed E-state index contributed by atoms with van der Waals surface area (Å²) in [6.07, 6.45) is -4.46. The largest absolute Gasteiger partial charge is 0.462 e. The van der Waals surface area contributed by atoms with Crippen molar-refractivity contribution >= 4 is 27.5 Å². The van der Waals surface area contributed by atoms with Crippen molar-refractivity contribution in [2.45, 2.75) is 13.1 Å². The summed E-state index contributed by atoms with van der Waals surface area (Å²) in [5, 5.41) is -0.918. The normalized spacial score (nSPS) is 11.8. The van der Waals surface area contributed by atoms with Crippen molar-refractivity contribution < 1.29 is 22.7 Å². The maximum atomic E-state index is 12.5. The van der Waals surface area contributed by atoms with E-state index in [9.17, 15) is 18.0 Å². The van der Waals surface area contributed by atoms with E-state index in [2.05, 4.69) is 4.98 Å². The average molecular weight is 275 g/mol. The lowest BCUT2D eigenvalue weighted by Crippen LogP contribution is -2.03. The molecular weight excluding hydrogens is 267 g/mol. The monoisotopic (exact) mass is 275 g/mol. The Labute approximate surface area is 104 Å². The van der Waals surface area contributed by atoms with Crippen molar-refractivity contribution in [3.63, 3.8) is 0 Å². The van der Waals surface area contributed by atoms with E-state index in [1.807, 2.05) is 0 Å². The van der Waals surface area contributed by atoms with Gasteiger partial charge in [0.05, 0.1) is 22.4 Å². The van der Waals surface area contributed by atoms with E-state index in [0.29, 0.717) is 16.0 Å². The highest BCUT2D eigenvalue weighted by molar-refractivity contribution is 7.18. The van der Waals surface area contributed by atoms with Gasteiger partial charge < -0.3 is 4.74 Å². The molecule has 0 bridgehead atoms. The Balaban J connectivity index is 2.43. The molecule has 0 aliphatic rings. The first-order valence-electron chi connectivity index (χ1n) is 5.06. The summed E-state index contributed by atoms with van der Waals surface area (Å²) in [7, 11) is 0. The van der Waals surface area contributed by atoms with Gasteiger partial charge in [0, 0.05) is 0 Å². The molecule has 0 unspecified atom stereocenters. The Hall–Kier alpha value is -1.63. The lowest BCUT2D eigenvalue weighted by atomic mass is 10.2. The van der Waals surface area contributed by atoms with Crippen LogP contribution in [0.4, 0.5) is 13.2 Å². The first-order valence-corrected chi connectivity index (χ1v) is 5.88. The van der Waals surface area contributed by atoms with Crippen molar-refractivity contribution in [2.75, 3.05) is 6.61 Å². The number of carbonyl (C=O) groups excluding carboxylic acids is 1. The van der Waals surface area contributed by atoms with Crippen molar-refractivity contribution in [1.29, 1.82) is 0 Å². The van der Waals surface area contributed by atoms with Gasteiger partial charge >= 0.3 is 12.1 Å². The number of benzene rings is 1. The zero-order chi connectivity index (χ0) is 13.3. The van der Waals surface area contributed by atoms with Gasteiger partial charge in [-0.05, 0) is 25.1 Å². The van der Waals surface area contributed by atoms with E-state index < -0.39 is 17.2 Å². The minimum absolute atomic E-state index is 0.216. The van der Waals surface area contributed by atoms with Crippen LogP contribution in [-0.2, 0) is 10.9 Å². The second-order valence-electron chi connectivity index (χ2n) is 3.42. The molecule has 0 fully saturated rings. The van der Waals surface area contributed by atoms with Crippen LogP contribution in [0, 0.1) is 0 Å². The van der Waals surface area contributed by atoms with Gasteiger partial charge in [0.2, 0.25) is 0 Å². The molecule has 0 saturated carbocycles. The molecule has 1 heterocycles. The van der Waals surface area contributed by atoms with E-state index in [0.717, 1.165) is 0 Å². The molecule has 0 atom stereocenters. The fraction of sp³-hybridized carbons (Fsp3) is 0.273. The molecule has 0 radical (unpaired) electrons. The second kappa shape index (κ2) is 4.56.